The fourth-order valence-electron chi connectivity index (χ4n) is 4.66. The molecule has 1 heterocycles. The lowest BCUT2D eigenvalue weighted by atomic mass is 9.75. The van der Waals surface area contributed by atoms with Gasteiger partial charge in [-0.25, -0.2) is 5.01 Å². The summed E-state index contributed by atoms with van der Waals surface area (Å²) in [5.74, 6) is -0.406. The number of phenols is 1. The number of hydrazine groups is 1. The summed E-state index contributed by atoms with van der Waals surface area (Å²) >= 11 is 0. The van der Waals surface area contributed by atoms with Crippen LogP contribution in [0.15, 0.2) is 59.1 Å². The number of allylic oxidation sites excluding steroid dienone is 3. The van der Waals surface area contributed by atoms with Gasteiger partial charge in [0.2, 0.25) is 5.75 Å². The molecule has 0 spiro atoms. The number of nitrogens with zero attached hydrogens (tertiary/aromatic N) is 2. The molecule has 1 aliphatic heterocycles. The molecule has 1 aliphatic carbocycles. The lowest BCUT2D eigenvalue weighted by Gasteiger charge is -2.39. The van der Waals surface area contributed by atoms with E-state index in [2.05, 4.69) is 11.5 Å². The van der Waals surface area contributed by atoms with Crippen LogP contribution >= 0.6 is 0 Å². The third kappa shape index (κ3) is 4.05. The number of ether oxygens (including phenoxy) is 3. The number of carbonyl (C=O) groups excluding carboxylic acids is 2. The molecule has 4 N–H and O–H groups in total. The van der Waals surface area contributed by atoms with Crippen molar-refractivity contribution in [1.82, 2.24) is 10.4 Å². The normalized spacial score (nSPS) is 17.3. The van der Waals surface area contributed by atoms with Crippen molar-refractivity contribution >= 4 is 11.7 Å². The minimum Gasteiger partial charge on any atom is -0.508 e. The quantitative estimate of drug-likeness (QED) is 0.556. The number of hydrogen-bond donors (Lipinski definition) is 3. The molecule has 10 nitrogen and oxygen atoms in total. The van der Waals surface area contributed by atoms with E-state index in [1.807, 2.05) is 0 Å². The van der Waals surface area contributed by atoms with Crippen LogP contribution in [0.5, 0.6) is 23.0 Å². The molecular weight excluding hydrogens is 464 g/mol. The summed E-state index contributed by atoms with van der Waals surface area (Å²) in [5, 5.41) is 21.0. The fourth-order valence-corrected chi connectivity index (χ4v) is 4.66. The maximum atomic E-state index is 13.3. The number of carbonyl (C=O) groups is 2. The number of aromatic hydroxyl groups is 1. The topological polar surface area (TPSA) is 147 Å². The Bertz CT molecular complexity index is 1320. The van der Waals surface area contributed by atoms with Crippen molar-refractivity contribution in [3.05, 3.63) is 70.2 Å². The summed E-state index contributed by atoms with van der Waals surface area (Å²) in [6, 6.07) is 11.2. The smallest absolute Gasteiger partial charge is 0.270 e. The van der Waals surface area contributed by atoms with Crippen LogP contribution < -0.4 is 25.4 Å². The molecule has 36 heavy (non-hydrogen) atoms. The first-order chi connectivity index (χ1) is 17.4. The maximum absolute atomic E-state index is 13.3. The van der Waals surface area contributed by atoms with Crippen molar-refractivity contribution in [3.63, 3.8) is 0 Å². The molecule has 0 fully saturated rings. The molecule has 10 heteroatoms. The number of nitriles is 1. The summed E-state index contributed by atoms with van der Waals surface area (Å²) in [7, 11) is 4.43. The van der Waals surface area contributed by atoms with Gasteiger partial charge in [-0.2, -0.15) is 5.26 Å². The van der Waals surface area contributed by atoms with Gasteiger partial charge in [-0.3, -0.25) is 15.0 Å². The second kappa shape index (κ2) is 9.92. The lowest BCUT2D eigenvalue weighted by Crippen LogP contribution is -2.48. The predicted octanol–water partition coefficient (Wildman–Crippen LogP) is 2.86. The number of hydrogen-bond acceptors (Lipinski definition) is 9. The van der Waals surface area contributed by atoms with Gasteiger partial charge in [-0.05, 0) is 43.2 Å². The third-order valence-electron chi connectivity index (χ3n) is 6.30. The number of phenolic OH excluding ortho intramolecular Hbond substituents is 1. The third-order valence-corrected chi connectivity index (χ3v) is 6.30. The molecule has 2 aromatic rings. The molecule has 1 atom stereocenters. The molecule has 1 amide bonds. The molecule has 186 valence electrons. The number of nitrogens with two attached hydrogens (primary N) is 1. The Morgan fingerprint density at radius 2 is 1.78 bits per heavy atom. The minimum absolute atomic E-state index is 0.0000775. The monoisotopic (exact) mass is 490 g/mol. The van der Waals surface area contributed by atoms with E-state index < -0.39 is 11.8 Å². The molecular formula is C26H26N4O6. The van der Waals surface area contributed by atoms with Gasteiger partial charge in [0.1, 0.15) is 11.6 Å². The van der Waals surface area contributed by atoms with Crippen LogP contribution in [0.4, 0.5) is 0 Å². The van der Waals surface area contributed by atoms with E-state index in [1.54, 1.807) is 12.1 Å². The summed E-state index contributed by atoms with van der Waals surface area (Å²) in [6.07, 6.45) is 1.32. The highest BCUT2D eigenvalue weighted by molar-refractivity contribution is 6.00. The second-order valence-corrected chi connectivity index (χ2v) is 8.23. The molecule has 0 aromatic heterocycles. The first kappa shape index (κ1) is 24.5. The van der Waals surface area contributed by atoms with Crippen LogP contribution in [-0.4, -0.2) is 43.1 Å². The van der Waals surface area contributed by atoms with Crippen LogP contribution in [0.25, 0.3) is 0 Å². The Morgan fingerprint density at radius 3 is 2.39 bits per heavy atom. The van der Waals surface area contributed by atoms with Crippen LogP contribution in [-0.2, 0) is 4.79 Å². The molecule has 2 aliphatic rings. The van der Waals surface area contributed by atoms with E-state index in [4.69, 9.17) is 19.9 Å². The Balaban J connectivity index is 1.88. The highest BCUT2D eigenvalue weighted by Crippen LogP contribution is 2.50. The van der Waals surface area contributed by atoms with Crippen LogP contribution in [0.3, 0.4) is 0 Å². The van der Waals surface area contributed by atoms with Gasteiger partial charge in [-0.15, -0.1) is 0 Å². The van der Waals surface area contributed by atoms with Gasteiger partial charge in [-0.1, -0.05) is 6.07 Å². The number of Topliss-reactive ketones (excluding diaryl/α,β-unsaturated/α-hetero) is 1. The van der Waals surface area contributed by atoms with Crippen LogP contribution in [0.1, 0.15) is 41.1 Å². The zero-order chi connectivity index (χ0) is 26.0. The number of benzene rings is 2. The van der Waals surface area contributed by atoms with Crippen molar-refractivity contribution in [2.75, 3.05) is 21.3 Å². The molecule has 0 saturated carbocycles. The van der Waals surface area contributed by atoms with Crippen molar-refractivity contribution in [3.8, 4) is 29.1 Å². The number of amides is 1. The average Bonchev–Trinajstić information content (AvgIpc) is 2.89. The number of rotatable bonds is 6. The molecule has 1 unspecified atom stereocenters. The van der Waals surface area contributed by atoms with Crippen molar-refractivity contribution in [2.24, 2.45) is 5.73 Å². The van der Waals surface area contributed by atoms with Gasteiger partial charge in [0.25, 0.3) is 5.91 Å². The van der Waals surface area contributed by atoms with E-state index >= 15 is 0 Å². The number of ketones is 1. The first-order valence-electron chi connectivity index (χ1n) is 11.2. The van der Waals surface area contributed by atoms with Crippen LogP contribution in [0.2, 0.25) is 0 Å². The molecule has 0 bridgehead atoms. The van der Waals surface area contributed by atoms with Gasteiger partial charge < -0.3 is 25.1 Å². The SMILES string of the molecule is COc1ccc(C2C(C#N)=C(N)N(NC(=O)c3ccc(O)cc3)C3=C2C(=O)CCC3)c(OC)c1OC. The zero-order valence-electron chi connectivity index (χ0n) is 20.1. The highest BCUT2D eigenvalue weighted by atomic mass is 16.5. The summed E-state index contributed by atoms with van der Waals surface area (Å²) in [6.45, 7) is 0. The summed E-state index contributed by atoms with van der Waals surface area (Å²) in [5.41, 5.74) is 10.9. The van der Waals surface area contributed by atoms with Crippen LogP contribution in [0, 0.1) is 11.3 Å². The molecule has 4 rings (SSSR count). The molecule has 0 saturated heterocycles. The minimum atomic E-state index is -0.825. The van der Waals surface area contributed by atoms with Gasteiger partial charge in [0, 0.05) is 28.8 Å². The Labute approximate surface area is 208 Å². The first-order valence-corrected chi connectivity index (χ1v) is 11.2. The Morgan fingerprint density at radius 1 is 1.08 bits per heavy atom. The van der Waals surface area contributed by atoms with Gasteiger partial charge in [0.15, 0.2) is 17.3 Å². The Kier molecular flexibility index (Phi) is 6.74. The number of methoxy groups -OCH3 is 3. The van der Waals surface area contributed by atoms with E-state index in [0.717, 1.165) is 0 Å². The van der Waals surface area contributed by atoms with E-state index in [1.165, 1.54) is 50.6 Å². The largest absolute Gasteiger partial charge is 0.508 e. The Hall–Kier alpha value is -4.65. The van der Waals surface area contributed by atoms with Crippen molar-refractivity contribution in [2.45, 2.75) is 25.2 Å². The zero-order valence-corrected chi connectivity index (χ0v) is 20.1. The van der Waals surface area contributed by atoms with Gasteiger partial charge >= 0.3 is 0 Å². The molecule has 0 radical (unpaired) electrons. The standard InChI is InChI=1S/C26H26N4O6/c1-34-20-12-11-16(23(35-2)24(20)36-3)21-17(13-27)25(28)30(18-5-4-6-19(32)22(18)21)29-26(33)14-7-9-15(31)10-8-14/h7-12,21,31H,4-6,28H2,1-3H3,(H,29,33). The highest BCUT2D eigenvalue weighted by Gasteiger charge is 2.42. The maximum Gasteiger partial charge on any atom is 0.270 e. The summed E-state index contributed by atoms with van der Waals surface area (Å²) in [4.78, 5) is 26.3. The average molecular weight is 491 g/mol. The van der Waals surface area contributed by atoms with Gasteiger partial charge in [0.05, 0.1) is 38.9 Å². The van der Waals surface area contributed by atoms with E-state index in [-0.39, 0.29) is 28.5 Å². The second-order valence-electron chi connectivity index (χ2n) is 8.23. The lowest BCUT2D eigenvalue weighted by molar-refractivity contribution is -0.116. The van der Waals surface area contributed by atoms with E-state index in [0.29, 0.717) is 53.3 Å². The summed E-state index contributed by atoms with van der Waals surface area (Å²) < 4.78 is 16.5. The van der Waals surface area contributed by atoms with E-state index in [9.17, 15) is 20.0 Å². The van der Waals surface area contributed by atoms with Crippen molar-refractivity contribution < 1.29 is 28.9 Å². The molecule has 2 aromatic carbocycles. The van der Waals surface area contributed by atoms with Crippen molar-refractivity contribution in [1.29, 1.82) is 5.26 Å². The fraction of sp³-hybridized carbons (Fsp3) is 0.269. The predicted molar refractivity (Wildman–Crippen MR) is 129 cm³/mol. The number of nitrogens with one attached hydrogen (secondary N) is 1.